The molecule has 2 unspecified atom stereocenters. The van der Waals surface area contributed by atoms with Gasteiger partial charge in [0, 0.05) is 5.41 Å². The highest BCUT2D eigenvalue weighted by Gasteiger charge is 2.56. The molecule has 0 saturated carbocycles. The maximum absolute atomic E-state index is 10.2. The molecule has 1 fully saturated rings. The molecule has 0 amide bonds. The minimum absolute atomic E-state index is 0.281. The van der Waals surface area contributed by atoms with Crippen molar-refractivity contribution >= 4 is 0 Å². The molecule has 13 heavy (non-hydrogen) atoms. The Hall–Kier alpha value is -0.600. The van der Waals surface area contributed by atoms with E-state index in [1.807, 2.05) is 26.8 Å². The summed E-state index contributed by atoms with van der Waals surface area (Å²) in [5.74, 6) is -1.11. The molecule has 2 atom stereocenters. The van der Waals surface area contributed by atoms with Crippen molar-refractivity contribution in [3.63, 3.8) is 0 Å². The first-order valence-corrected chi connectivity index (χ1v) is 4.60. The van der Waals surface area contributed by atoms with Crippen molar-refractivity contribution in [3.05, 3.63) is 24.3 Å². The molecule has 2 nitrogen and oxygen atoms in total. The maximum Gasteiger partial charge on any atom is 0.192 e. The van der Waals surface area contributed by atoms with Crippen molar-refractivity contribution in [3.8, 4) is 0 Å². The third-order valence-corrected chi connectivity index (χ3v) is 3.32. The van der Waals surface area contributed by atoms with Crippen LogP contribution in [0.25, 0.3) is 0 Å². The van der Waals surface area contributed by atoms with Crippen molar-refractivity contribution in [2.24, 2.45) is 5.41 Å². The highest BCUT2D eigenvalue weighted by Crippen LogP contribution is 2.53. The summed E-state index contributed by atoms with van der Waals surface area (Å²) in [4.78, 5) is 0. The summed E-state index contributed by atoms with van der Waals surface area (Å²) in [5.41, 5.74) is 0.303. The molecule has 2 aliphatic heterocycles. The summed E-state index contributed by atoms with van der Waals surface area (Å²) in [6.07, 6.45) is 4.46. The first-order valence-electron chi connectivity index (χ1n) is 4.60. The fourth-order valence-electron chi connectivity index (χ4n) is 2.05. The molecule has 2 rings (SSSR count). The summed E-state index contributed by atoms with van der Waals surface area (Å²) in [5, 5.41) is 10.2. The molecule has 0 radical (unpaired) electrons. The zero-order valence-corrected chi connectivity index (χ0v) is 8.42. The zero-order chi connectivity index (χ0) is 9.91. The fourth-order valence-corrected chi connectivity index (χ4v) is 2.05. The van der Waals surface area contributed by atoms with Gasteiger partial charge in [0.2, 0.25) is 0 Å². The molecule has 2 heterocycles. The van der Waals surface area contributed by atoms with Crippen molar-refractivity contribution < 1.29 is 9.84 Å². The molecule has 72 valence electrons. The predicted molar refractivity (Wildman–Crippen MR) is 51.1 cm³/mol. The minimum Gasteiger partial charge on any atom is -0.362 e. The summed E-state index contributed by atoms with van der Waals surface area (Å²) < 4.78 is 5.64. The van der Waals surface area contributed by atoms with E-state index in [-0.39, 0.29) is 5.41 Å². The quantitative estimate of drug-likeness (QED) is 0.578. The molecule has 2 heteroatoms. The molecule has 2 bridgehead atoms. The van der Waals surface area contributed by atoms with Crippen LogP contribution in [0, 0.1) is 5.41 Å². The molecule has 0 aliphatic carbocycles. The average Bonchev–Trinajstić information content (AvgIpc) is 2.26. The van der Waals surface area contributed by atoms with E-state index < -0.39 is 11.4 Å². The van der Waals surface area contributed by atoms with E-state index in [1.165, 1.54) is 0 Å². The topological polar surface area (TPSA) is 29.5 Å². The van der Waals surface area contributed by atoms with Gasteiger partial charge in [-0.3, -0.25) is 0 Å². The Morgan fingerprint density at radius 1 is 1.38 bits per heavy atom. The minimum atomic E-state index is -1.11. The SMILES string of the molecule is C=C1CC(C)(C)C2(O)C=CC1(C)O2. The van der Waals surface area contributed by atoms with Gasteiger partial charge in [0.05, 0.1) is 0 Å². The van der Waals surface area contributed by atoms with Crippen LogP contribution >= 0.6 is 0 Å². The Morgan fingerprint density at radius 2 is 2.00 bits per heavy atom. The molecule has 0 aromatic heterocycles. The Balaban J connectivity index is 2.48. The van der Waals surface area contributed by atoms with Crippen LogP contribution in [0.15, 0.2) is 24.3 Å². The van der Waals surface area contributed by atoms with E-state index in [2.05, 4.69) is 6.58 Å². The van der Waals surface area contributed by atoms with Crippen LogP contribution in [-0.4, -0.2) is 16.5 Å². The van der Waals surface area contributed by atoms with Gasteiger partial charge in [-0.05, 0) is 31.1 Å². The Bertz CT molecular complexity index is 303. The standard InChI is InChI=1S/C11H16O2/c1-8-7-9(2,3)11(12)6-5-10(8,4)13-11/h5-6,12H,1,7H2,2-4H3. The Kier molecular flexibility index (Phi) is 1.43. The lowest BCUT2D eigenvalue weighted by atomic mass is 9.74. The second-order valence-corrected chi connectivity index (χ2v) is 4.90. The van der Waals surface area contributed by atoms with E-state index in [9.17, 15) is 5.11 Å². The maximum atomic E-state index is 10.2. The Labute approximate surface area is 78.9 Å². The largest absolute Gasteiger partial charge is 0.362 e. The monoisotopic (exact) mass is 180 g/mol. The highest BCUT2D eigenvalue weighted by atomic mass is 16.6. The molecule has 0 aromatic carbocycles. The van der Waals surface area contributed by atoms with Gasteiger partial charge in [0.25, 0.3) is 0 Å². The summed E-state index contributed by atoms with van der Waals surface area (Å²) in [7, 11) is 0. The van der Waals surface area contributed by atoms with Crippen LogP contribution in [0.3, 0.4) is 0 Å². The van der Waals surface area contributed by atoms with Gasteiger partial charge < -0.3 is 9.84 Å². The van der Waals surface area contributed by atoms with E-state index in [4.69, 9.17) is 4.74 Å². The lowest BCUT2D eigenvalue weighted by molar-refractivity contribution is -0.267. The van der Waals surface area contributed by atoms with E-state index in [1.54, 1.807) is 6.08 Å². The van der Waals surface area contributed by atoms with Crippen LogP contribution < -0.4 is 0 Å². The molecule has 2 aliphatic rings. The number of rotatable bonds is 0. The number of ether oxygens (including phenoxy) is 1. The smallest absolute Gasteiger partial charge is 0.192 e. The molecule has 1 saturated heterocycles. The third-order valence-electron chi connectivity index (χ3n) is 3.32. The average molecular weight is 180 g/mol. The van der Waals surface area contributed by atoms with Crippen LogP contribution in [0.4, 0.5) is 0 Å². The molecular weight excluding hydrogens is 164 g/mol. The molecule has 1 N–H and O–H groups in total. The van der Waals surface area contributed by atoms with E-state index >= 15 is 0 Å². The third kappa shape index (κ3) is 0.960. The van der Waals surface area contributed by atoms with Gasteiger partial charge in [-0.2, -0.15) is 0 Å². The Morgan fingerprint density at radius 3 is 2.62 bits per heavy atom. The zero-order valence-electron chi connectivity index (χ0n) is 8.42. The van der Waals surface area contributed by atoms with Gasteiger partial charge in [0.1, 0.15) is 5.60 Å². The van der Waals surface area contributed by atoms with Crippen LogP contribution in [0.2, 0.25) is 0 Å². The number of aliphatic hydroxyl groups is 1. The van der Waals surface area contributed by atoms with Crippen molar-refractivity contribution in [1.82, 2.24) is 0 Å². The summed E-state index contributed by atoms with van der Waals surface area (Å²) in [6.45, 7) is 9.93. The van der Waals surface area contributed by atoms with Crippen LogP contribution in [-0.2, 0) is 4.74 Å². The second kappa shape index (κ2) is 2.07. The van der Waals surface area contributed by atoms with Crippen molar-refractivity contribution in [2.45, 2.75) is 38.6 Å². The van der Waals surface area contributed by atoms with E-state index in [0.29, 0.717) is 0 Å². The van der Waals surface area contributed by atoms with Crippen molar-refractivity contribution in [2.75, 3.05) is 0 Å². The van der Waals surface area contributed by atoms with Gasteiger partial charge >= 0.3 is 0 Å². The van der Waals surface area contributed by atoms with Gasteiger partial charge in [-0.25, -0.2) is 0 Å². The predicted octanol–water partition coefficient (Wildman–Crippen LogP) is 2.01. The van der Waals surface area contributed by atoms with Gasteiger partial charge in [-0.15, -0.1) is 0 Å². The second-order valence-electron chi connectivity index (χ2n) is 4.90. The first-order chi connectivity index (χ1) is 5.79. The molecule has 0 aromatic rings. The molecular formula is C11H16O2. The summed E-state index contributed by atoms with van der Waals surface area (Å²) >= 11 is 0. The highest BCUT2D eigenvalue weighted by molar-refractivity contribution is 5.34. The van der Waals surface area contributed by atoms with Gasteiger partial charge in [0.15, 0.2) is 5.79 Å². The fraction of sp³-hybridized carbons (Fsp3) is 0.636. The first kappa shape index (κ1) is 8.97. The molecule has 0 spiro atoms. The lowest BCUT2D eigenvalue weighted by Crippen LogP contribution is -2.52. The number of hydrogen-bond acceptors (Lipinski definition) is 2. The van der Waals surface area contributed by atoms with Crippen LogP contribution in [0.1, 0.15) is 27.2 Å². The number of fused-ring (bicyclic) bond motifs is 2. The van der Waals surface area contributed by atoms with Gasteiger partial charge in [-0.1, -0.05) is 20.4 Å². The summed E-state index contributed by atoms with van der Waals surface area (Å²) in [6, 6.07) is 0. The normalized spacial score (nSPS) is 46.9. The van der Waals surface area contributed by atoms with Crippen molar-refractivity contribution in [1.29, 1.82) is 0 Å². The van der Waals surface area contributed by atoms with E-state index in [0.717, 1.165) is 12.0 Å². The lowest BCUT2D eigenvalue weighted by Gasteiger charge is -2.47. The van der Waals surface area contributed by atoms with Crippen LogP contribution in [0.5, 0.6) is 0 Å². The number of hydrogen-bond donors (Lipinski definition) is 1.